The molecule has 2 N–H and O–H groups in total. The van der Waals surface area contributed by atoms with Gasteiger partial charge in [-0.25, -0.2) is 4.98 Å². The van der Waals surface area contributed by atoms with Crippen molar-refractivity contribution >= 4 is 28.4 Å². The SMILES string of the molecule is c1ccc(-c2cc(Nc3cccc4cccnc34)nc(NC3CC3)n2)cc1. The monoisotopic (exact) mass is 353 g/mol. The number of benzene rings is 2. The Morgan fingerprint density at radius 3 is 2.56 bits per heavy atom. The second-order valence-electron chi connectivity index (χ2n) is 6.75. The summed E-state index contributed by atoms with van der Waals surface area (Å²) < 4.78 is 0. The number of nitrogens with one attached hydrogen (secondary N) is 2. The predicted octanol–water partition coefficient (Wildman–Crippen LogP) is 5.01. The van der Waals surface area contributed by atoms with E-state index in [4.69, 9.17) is 4.98 Å². The second-order valence-corrected chi connectivity index (χ2v) is 6.75. The van der Waals surface area contributed by atoms with Crippen molar-refractivity contribution in [2.24, 2.45) is 0 Å². The average molecular weight is 353 g/mol. The molecule has 2 aromatic heterocycles. The first-order valence-electron chi connectivity index (χ1n) is 9.17. The van der Waals surface area contributed by atoms with Gasteiger partial charge in [0.1, 0.15) is 5.82 Å². The summed E-state index contributed by atoms with van der Waals surface area (Å²) >= 11 is 0. The van der Waals surface area contributed by atoms with Gasteiger partial charge in [0, 0.05) is 29.3 Å². The molecule has 0 saturated heterocycles. The van der Waals surface area contributed by atoms with Crippen molar-refractivity contribution in [3.05, 3.63) is 72.9 Å². The van der Waals surface area contributed by atoms with Crippen LogP contribution in [0.3, 0.4) is 0 Å². The van der Waals surface area contributed by atoms with E-state index in [1.54, 1.807) is 0 Å². The van der Waals surface area contributed by atoms with E-state index in [9.17, 15) is 0 Å². The number of hydrogen-bond donors (Lipinski definition) is 2. The minimum Gasteiger partial charge on any atom is -0.351 e. The summed E-state index contributed by atoms with van der Waals surface area (Å²) in [5.74, 6) is 1.42. The molecule has 2 heterocycles. The van der Waals surface area contributed by atoms with Gasteiger partial charge in [0.15, 0.2) is 0 Å². The van der Waals surface area contributed by atoms with Crippen LogP contribution in [0.25, 0.3) is 22.2 Å². The Hall–Kier alpha value is -3.47. The molecule has 0 amide bonds. The lowest BCUT2D eigenvalue weighted by atomic mass is 10.1. The average Bonchev–Trinajstić information content (AvgIpc) is 3.53. The highest BCUT2D eigenvalue weighted by Gasteiger charge is 2.22. The first kappa shape index (κ1) is 15.8. The molecule has 5 heteroatoms. The molecule has 0 bridgehead atoms. The lowest BCUT2D eigenvalue weighted by Crippen LogP contribution is -2.08. The van der Waals surface area contributed by atoms with Gasteiger partial charge in [-0.3, -0.25) is 4.98 Å². The molecule has 0 atom stereocenters. The van der Waals surface area contributed by atoms with Gasteiger partial charge in [0.25, 0.3) is 0 Å². The number of pyridine rings is 1. The maximum absolute atomic E-state index is 4.71. The Morgan fingerprint density at radius 2 is 1.70 bits per heavy atom. The largest absolute Gasteiger partial charge is 0.351 e. The second kappa shape index (κ2) is 6.68. The van der Waals surface area contributed by atoms with Crippen LogP contribution in [0, 0.1) is 0 Å². The maximum Gasteiger partial charge on any atom is 0.225 e. The standard InChI is InChI=1S/C22H19N5/c1-2-6-15(7-3-1)19-14-20(27-22(26-19)24-17-11-12-17)25-18-10-4-8-16-9-5-13-23-21(16)18/h1-10,13-14,17H,11-12H2,(H2,24,25,26,27). The van der Waals surface area contributed by atoms with Crippen molar-refractivity contribution in [1.29, 1.82) is 0 Å². The van der Waals surface area contributed by atoms with Gasteiger partial charge < -0.3 is 10.6 Å². The van der Waals surface area contributed by atoms with Crippen molar-refractivity contribution in [2.45, 2.75) is 18.9 Å². The molecule has 5 nitrogen and oxygen atoms in total. The third-order valence-electron chi connectivity index (χ3n) is 4.60. The summed E-state index contributed by atoms with van der Waals surface area (Å²) in [4.78, 5) is 13.9. The van der Waals surface area contributed by atoms with Gasteiger partial charge in [-0.05, 0) is 25.0 Å². The molecule has 4 aromatic rings. The molecule has 0 aliphatic heterocycles. The minimum absolute atomic E-state index is 0.489. The summed E-state index contributed by atoms with van der Waals surface area (Å²) in [6.07, 6.45) is 4.16. The molecule has 0 unspecified atom stereocenters. The van der Waals surface area contributed by atoms with Crippen molar-refractivity contribution in [3.63, 3.8) is 0 Å². The van der Waals surface area contributed by atoms with Gasteiger partial charge in [0.05, 0.1) is 16.9 Å². The molecule has 1 aliphatic rings. The highest BCUT2D eigenvalue weighted by atomic mass is 15.2. The lowest BCUT2D eigenvalue weighted by molar-refractivity contribution is 1.06. The first-order valence-corrected chi connectivity index (χ1v) is 9.17. The zero-order chi connectivity index (χ0) is 18.1. The number of rotatable bonds is 5. The minimum atomic E-state index is 0.489. The summed E-state index contributed by atoms with van der Waals surface area (Å²) in [6.45, 7) is 0. The Kier molecular flexibility index (Phi) is 3.90. The molecule has 0 radical (unpaired) electrons. The van der Waals surface area contributed by atoms with Crippen LogP contribution in [0.1, 0.15) is 12.8 Å². The van der Waals surface area contributed by atoms with E-state index in [1.807, 2.05) is 48.7 Å². The Labute approximate surface area is 157 Å². The van der Waals surface area contributed by atoms with E-state index in [1.165, 1.54) is 12.8 Å². The topological polar surface area (TPSA) is 62.7 Å². The third kappa shape index (κ3) is 3.44. The van der Waals surface area contributed by atoms with Gasteiger partial charge in [-0.2, -0.15) is 4.98 Å². The summed E-state index contributed by atoms with van der Waals surface area (Å²) in [6, 6.07) is 22.8. The van der Waals surface area contributed by atoms with Crippen LogP contribution in [-0.2, 0) is 0 Å². The van der Waals surface area contributed by atoms with E-state index in [0.717, 1.165) is 33.7 Å². The fourth-order valence-corrected chi connectivity index (χ4v) is 3.09. The fraction of sp³-hybridized carbons (Fsp3) is 0.136. The van der Waals surface area contributed by atoms with Gasteiger partial charge in [-0.15, -0.1) is 0 Å². The molecule has 1 saturated carbocycles. The van der Waals surface area contributed by atoms with Crippen molar-refractivity contribution in [3.8, 4) is 11.3 Å². The number of aromatic nitrogens is 3. The first-order chi connectivity index (χ1) is 13.3. The molecule has 2 aromatic carbocycles. The van der Waals surface area contributed by atoms with Crippen LogP contribution in [0.15, 0.2) is 72.9 Å². The van der Waals surface area contributed by atoms with E-state index in [0.29, 0.717) is 12.0 Å². The number of fused-ring (bicyclic) bond motifs is 1. The molecule has 0 spiro atoms. The van der Waals surface area contributed by atoms with E-state index >= 15 is 0 Å². The number of hydrogen-bond acceptors (Lipinski definition) is 5. The quantitative estimate of drug-likeness (QED) is 0.528. The summed E-state index contributed by atoms with van der Waals surface area (Å²) in [7, 11) is 0. The molecule has 132 valence electrons. The Morgan fingerprint density at radius 1 is 0.852 bits per heavy atom. The zero-order valence-electron chi connectivity index (χ0n) is 14.8. The highest BCUT2D eigenvalue weighted by molar-refractivity contribution is 5.91. The van der Waals surface area contributed by atoms with Crippen LogP contribution in [0.5, 0.6) is 0 Å². The lowest BCUT2D eigenvalue weighted by Gasteiger charge is -2.12. The van der Waals surface area contributed by atoms with Gasteiger partial charge in [-0.1, -0.05) is 48.5 Å². The number of para-hydroxylation sites is 1. The van der Waals surface area contributed by atoms with Crippen molar-refractivity contribution < 1.29 is 0 Å². The Bertz CT molecular complexity index is 1080. The van der Waals surface area contributed by atoms with Gasteiger partial charge >= 0.3 is 0 Å². The van der Waals surface area contributed by atoms with Crippen LogP contribution in [0.4, 0.5) is 17.5 Å². The van der Waals surface area contributed by atoms with Crippen molar-refractivity contribution in [2.75, 3.05) is 10.6 Å². The number of nitrogens with zero attached hydrogens (tertiary/aromatic N) is 3. The van der Waals surface area contributed by atoms with Crippen LogP contribution < -0.4 is 10.6 Å². The Balaban J connectivity index is 1.56. The number of anilines is 3. The highest BCUT2D eigenvalue weighted by Crippen LogP contribution is 2.29. The molecule has 1 aliphatic carbocycles. The third-order valence-corrected chi connectivity index (χ3v) is 4.60. The van der Waals surface area contributed by atoms with Crippen LogP contribution in [0.2, 0.25) is 0 Å². The van der Waals surface area contributed by atoms with E-state index in [2.05, 4.69) is 44.9 Å². The van der Waals surface area contributed by atoms with Crippen LogP contribution >= 0.6 is 0 Å². The molecular weight excluding hydrogens is 334 g/mol. The molecule has 27 heavy (non-hydrogen) atoms. The summed E-state index contributed by atoms with van der Waals surface area (Å²) in [5.41, 5.74) is 3.82. The summed E-state index contributed by atoms with van der Waals surface area (Å²) in [5, 5.41) is 7.94. The normalized spacial score (nSPS) is 13.5. The van der Waals surface area contributed by atoms with Crippen LogP contribution in [-0.4, -0.2) is 21.0 Å². The molecular formula is C22H19N5. The van der Waals surface area contributed by atoms with E-state index < -0.39 is 0 Å². The van der Waals surface area contributed by atoms with Crippen molar-refractivity contribution in [1.82, 2.24) is 15.0 Å². The molecule has 5 rings (SSSR count). The van der Waals surface area contributed by atoms with Gasteiger partial charge in [0.2, 0.25) is 5.95 Å². The molecule has 1 fully saturated rings. The van der Waals surface area contributed by atoms with E-state index in [-0.39, 0.29) is 0 Å². The zero-order valence-corrected chi connectivity index (χ0v) is 14.8. The fourth-order valence-electron chi connectivity index (χ4n) is 3.09. The predicted molar refractivity (Wildman–Crippen MR) is 109 cm³/mol. The smallest absolute Gasteiger partial charge is 0.225 e. The maximum atomic E-state index is 4.71.